The molecule has 2 aromatic heterocycles. The lowest BCUT2D eigenvalue weighted by Gasteiger charge is -1.90. The molecule has 0 unspecified atom stereocenters. The van der Waals surface area contributed by atoms with Gasteiger partial charge >= 0.3 is 0 Å². The van der Waals surface area contributed by atoms with E-state index >= 15 is 0 Å². The molecule has 62 valence electrons. The van der Waals surface area contributed by atoms with Crippen molar-refractivity contribution in [1.82, 2.24) is 9.97 Å². The Morgan fingerprint density at radius 3 is 3.17 bits per heavy atom. The monoisotopic (exact) mass is 165 g/mol. The molecule has 0 aliphatic carbocycles. The van der Waals surface area contributed by atoms with Gasteiger partial charge in [-0.25, -0.2) is 0 Å². The third-order valence-corrected chi connectivity index (χ3v) is 1.65. The number of H-pyrrole nitrogens is 1. The Labute approximate surface area is 67.2 Å². The molecule has 2 heterocycles. The van der Waals surface area contributed by atoms with E-state index in [2.05, 4.69) is 9.97 Å². The van der Waals surface area contributed by atoms with Crippen LogP contribution in [-0.2, 0) is 0 Å². The third-order valence-electron chi connectivity index (χ3n) is 1.65. The van der Waals surface area contributed by atoms with E-state index in [9.17, 15) is 4.79 Å². The summed E-state index contributed by atoms with van der Waals surface area (Å²) in [7, 11) is 0. The number of furan rings is 1. The zero-order chi connectivity index (χ0) is 8.72. The molecule has 2 rings (SSSR count). The summed E-state index contributed by atoms with van der Waals surface area (Å²) in [6.45, 7) is 1.78. The topological polar surface area (TPSA) is 84.9 Å². The lowest BCUT2D eigenvalue weighted by molar-refractivity contribution is 0.600. The Bertz CT molecular complexity index is 483. The van der Waals surface area contributed by atoms with Gasteiger partial charge in [-0.2, -0.15) is 4.98 Å². The van der Waals surface area contributed by atoms with E-state index in [4.69, 9.17) is 10.2 Å². The molecule has 0 atom stereocenters. The molecule has 5 nitrogen and oxygen atoms in total. The quantitative estimate of drug-likeness (QED) is 0.592. The number of aromatic nitrogens is 2. The number of fused-ring (bicyclic) bond motifs is 1. The van der Waals surface area contributed by atoms with Gasteiger partial charge < -0.3 is 10.2 Å². The lowest BCUT2D eigenvalue weighted by atomic mass is 10.3. The Morgan fingerprint density at radius 1 is 1.67 bits per heavy atom. The fourth-order valence-electron chi connectivity index (χ4n) is 1.11. The second-order valence-electron chi connectivity index (χ2n) is 2.55. The first-order chi connectivity index (χ1) is 5.68. The van der Waals surface area contributed by atoms with Crippen molar-refractivity contribution in [3.05, 3.63) is 22.2 Å². The summed E-state index contributed by atoms with van der Waals surface area (Å²) < 4.78 is 5.00. The third kappa shape index (κ3) is 0.795. The molecule has 0 bridgehead atoms. The average molecular weight is 165 g/mol. The zero-order valence-corrected chi connectivity index (χ0v) is 6.42. The predicted octanol–water partition coefficient (Wildman–Crippen LogP) is 0.407. The minimum Gasteiger partial charge on any atom is -0.446 e. The molecule has 0 fully saturated rings. The highest BCUT2D eigenvalue weighted by Crippen LogP contribution is 2.13. The Hall–Kier alpha value is -1.78. The van der Waals surface area contributed by atoms with E-state index in [-0.39, 0.29) is 17.2 Å². The first-order valence-corrected chi connectivity index (χ1v) is 3.42. The molecule has 0 saturated heterocycles. The van der Waals surface area contributed by atoms with Gasteiger partial charge in [0.05, 0.1) is 6.26 Å². The molecular formula is C7H7N3O2. The number of anilines is 1. The van der Waals surface area contributed by atoms with Gasteiger partial charge in [-0.15, -0.1) is 0 Å². The minimum atomic E-state index is -0.260. The molecule has 2 aromatic rings. The predicted molar refractivity (Wildman–Crippen MR) is 43.8 cm³/mol. The summed E-state index contributed by atoms with van der Waals surface area (Å²) in [6.07, 6.45) is 1.48. The highest BCUT2D eigenvalue weighted by Gasteiger charge is 2.07. The second-order valence-corrected chi connectivity index (χ2v) is 2.55. The lowest BCUT2D eigenvalue weighted by Crippen LogP contribution is -2.10. The van der Waals surface area contributed by atoms with Gasteiger partial charge in [0.2, 0.25) is 11.7 Å². The Balaban J connectivity index is 3.03. The Morgan fingerprint density at radius 2 is 2.42 bits per heavy atom. The molecule has 0 spiro atoms. The number of hydrogen-bond acceptors (Lipinski definition) is 4. The highest BCUT2D eigenvalue weighted by atomic mass is 16.3. The number of aryl methyl sites for hydroxylation is 1. The van der Waals surface area contributed by atoms with Crippen molar-refractivity contribution in [2.45, 2.75) is 6.92 Å². The summed E-state index contributed by atoms with van der Waals surface area (Å²) in [5.41, 5.74) is 6.10. The molecule has 0 saturated carbocycles. The van der Waals surface area contributed by atoms with Gasteiger partial charge in [-0.3, -0.25) is 9.78 Å². The molecule has 3 N–H and O–H groups in total. The van der Waals surface area contributed by atoms with Crippen LogP contribution in [0.5, 0.6) is 0 Å². The molecule has 0 aliphatic heterocycles. The molecule has 0 aromatic carbocycles. The normalized spacial score (nSPS) is 10.8. The standard InChI is InChI=1S/C7H7N3O2/c1-3-2-12-6-4(3)5(11)9-7(8)10-6/h2H,1H3,(H3,8,9,10,11). The van der Waals surface area contributed by atoms with Crippen molar-refractivity contribution in [3.63, 3.8) is 0 Å². The fourth-order valence-corrected chi connectivity index (χ4v) is 1.11. The molecule has 0 radical (unpaired) electrons. The van der Waals surface area contributed by atoms with Crippen molar-refractivity contribution in [3.8, 4) is 0 Å². The van der Waals surface area contributed by atoms with Crippen LogP contribution in [0.2, 0.25) is 0 Å². The Kier molecular flexibility index (Phi) is 1.21. The summed E-state index contributed by atoms with van der Waals surface area (Å²) in [4.78, 5) is 17.4. The zero-order valence-electron chi connectivity index (χ0n) is 6.42. The first-order valence-electron chi connectivity index (χ1n) is 3.42. The van der Waals surface area contributed by atoms with Crippen LogP contribution in [0, 0.1) is 6.92 Å². The van der Waals surface area contributed by atoms with Crippen LogP contribution in [-0.4, -0.2) is 9.97 Å². The summed E-state index contributed by atoms with van der Waals surface area (Å²) in [6, 6.07) is 0. The number of nitrogens with zero attached hydrogens (tertiary/aromatic N) is 1. The van der Waals surface area contributed by atoms with Crippen LogP contribution in [0.15, 0.2) is 15.5 Å². The molecular weight excluding hydrogens is 158 g/mol. The van der Waals surface area contributed by atoms with Crippen molar-refractivity contribution in [2.24, 2.45) is 0 Å². The smallest absolute Gasteiger partial charge is 0.263 e. The maximum atomic E-state index is 11.2. The van der Waals surface area contributed by atoms with Gasteiger partial charge in [0.1, 0.15) is 5.39 Å². The number of nitrogens with one attached hydrogen (secondary N) is 1. The van der Waals surface area contributed by atoms with E-state index in [0.29, 0.717) is 5.39 Å². The van der Waals surface area contributed by atoms with Crippen LogP contribution < -0.4 is 11.3 Å². The number of rotatable bonds is 0. The van der Waals surface area contributed by atoms with Crippen LogP contribution in [0.1, 0.15) is 5.56 Å². The van der Waals surface area contributed by atoms with E-state index in [1.165, 1.54) is 6.26 Å². The van der Waals surface area contributed by atoms with E-state index in [1.807, 2.05) is 0 Å². The van der Waals surface area contributed by atoms with Crippen molar-refractivity contribution < 1.29 is 4.42 Å². The van der Waals surface area contributed by atoms with Gasteiger partial charge in [-0.05, 0) is 6.92 Å². The average Bonchev–Trinajstić information content (AvgIpc) is 2.31. The van der Waals surface area contributed by atoms with Crippen LogP contribution in [0.4, 0.5) is 5.95 Å². The van der Waals surface area contributed by atoms with Crippen molar-refractivity contribution in [2.75, 3.05) is 5.73 Å². The molecule has 0 aliphatic rings. The first kappa shape index (κ1) is 6.90. The van der Waals surface area contributed by atoms with E-state index in [1.54, 1.807) is 6.92 Å². The number of nitrogen functional groups attached to an aromatic ring is 1. The van der Waals surface area contributed by atoms with Crippen LogP contribution in [0.25, 0.3) is 11.1 Å². The maximum Gasteiger partial charge on any atom is 0.263 e. The second kappa shape index (κ2) is 2.10. The summed E-state index contributed by atoms with van der Waals surface area (Å²) in [5, 5.41) is 0.462. The SMILES string of the molecule is Cc1coc2nc(N)[nH]c(=O)c12. The minimum absolute atomic E-state index is 0.0712. The number of hydrogen-bond donors (Lipinski definition) is 2. The number of nitrogens with two attached hydrogens (primary N) is 1. The highest BCUT2D eigenvalue weighted by molar-refractivity contribution is 5.76. The number of aromatic amines is 1. The van der Waals surface area contributed by atoms with Gasteiger partial charge in [0.15, 0.2) is 0 Å². The maximum absolute atomic E-state index is 11.2. The van der Waals surface area contributed by atoms with E-state index in [0.717, 1.165) is 5.56 Å². The van der Waals surface area contributed by atoms with Gasteiger partial charge in [0.25, 0.3) is 5.56 Å². The van der Waals surface area contributed by atoms with Crippen molar-refractivity contribution >= 4 is 17.0 Å². The molecule has 12 heavy (non-hydrogen) atoms. The molecule has 0 amide bonds. The summed E-state index contributed by atoms with van der Waals surface area (Å²) in [5.74, 6) is 0.0712. The van der Waals surface area contributed by atoms with E-state index < -0.39 is 0 Å². The van der Waals surface area contributed by atoms with Gasteiger partial charge in [-0.1, -0.05) is 0 Å². The fraction of sp³-hybridized carbons (Fsp3) is 0.143. The van der Waals surface area contributed by atoms with Crippen LogP contribution in [0.3, 0.4) is 0 Å². The van der Waals surface area contributed by atoms with Crippen LogP contribution >= 0.6 is 0 Å². The van der Waals surface area contributed by atoms with Gasteiger partial charge in [0, 0.05) is 5.56 Å². The molecule has 5 heteroatoms. The largest absolute Gasteiger partial charge is 0.446 e. The summed E-state index contributed by atoms with van der Waals surface area (Å²) >= 11 is 0. The van der Waals surface area contributed by atoms with Crippen molar-refractivity contribution in [1.29, 1.82) is 0 Å².